The van der Waals surface area contributed by atoms with Crippen molar-refractivity contribution in [2.45, 2.75) is 56.8 Å². The number of nitrogens with one attached hydrogen (secondary N) is 1. The number of rotatable bonds is 5. The number of allylic oxidation sites excluding steroid dienone is 1. The van der Waals surface area contributed by atoms with E-state index < -0.39 is 35.1 Å². The molecule has 1 N–H and O–H groups in total. The fourth-order valence-electron chi connectivity index (χ4n) is 5.01. The Kier molecular flexibility index (Phi) is 4.16. The molecule has 1 aromatic rings. The van der Waals surface area contributed by atoms with Crippen molar-refractivity contribution in [2.75, 3.05) is 11.9 Å². The molecule has 3 aliphatic rings. The molecule has 7 heteroatoms. The third-order valence-electron chi connectivity index (χ3n) is 6.23. The molecule has 0 spiro atoms. The van der Waals surface area contributed by atoms with Crippen LogP contribution in [0.5, 0.6) is 0 Å². The first-order chi connectivity index (χ1) is 12.8. The van der Waals surface area contributed by atoms with Gasteiger partial charge in [0.15, 0.2) is 5.79 Å². The maximum absolute atomic E-state index is 14.6. The molecule has 1 unspecified atom stereocenters. The van der Waals surface area contributed by atoms with Crippen LogP contribution in [0.4, 0.5) is 18.9 Å². The van der Waals surface area contributed by atoms with Gasteiger partial charge in [-0.25, -0.2) is 4.39 Å². The molecule has 2 aliphatic heterocycles. The van der Waals surface area contributed by atoms with Gasteiger partial charge >= 0.3 is 5.92 Å². The van der Waals surface area contributed by atoms with Crippen molar-refractivity contribution in [3.05, 3.63) is 41.7 Å². The highest BCUT2D eigenvalue weighted by Gasteiger charge is 2.61. The van der Waals surface area contributed by atoms with Crippen molar-refractivity contribution in [2.24, 2.45) is 5.41 Å². The first-order valence-electron chi connectivity index (χ1n) is 9.21. The molecular formula is C20H22F3NO3. The third-order valence-corrected chi connectivity index (χ3v) is 6.23. The van der Waals surface area contributed by atoms with Gasteiger partial charge in [-0.3, -0.25) is 4.79 Å². The second kappa shape index (κ2) is 6.07. The largest absolute Gasteiger partial charge is 0.352 e. The van der Waals surface area contributed by atoms with Gasteiger partial charge in [-0.2, -0.15) is 8.78 Å². The van der Waals surface area contributed by atoms with Gasteiger partial charge in [0, 0.05) is 17.4 Å². The van der Waals surface area contributed by atoms with E-state index in [4.69, 9.17) is 9.47 Å². The first-order valence-corrected chi connectivity index (χ1v) is 9.21. The normalized spacial score (nSPS) is 32.1. The number of fused-ring (bicyclic) bond motifs is 2. The fraction of sp³-hybridized carbons (Fsp3) is 0.550. The van der Waals surface area contributed by atoms with Crippen LogP contribution in [-0.4, -0.2) is 18.3 Å². The molecule has 4 rings (SSSR count). The van der Waals surface area contributed by atoms with E-state index in [9.17, 15) is 18.0 Å². The van der Waals surface area contributed by atoms with Crippen LogP contribution in [0.1, 0.15) is 56.3 Å². The van der Waals surface area contributed by atoms with Crippen LogP contribution < -0.4 is 5.32 Å². The van der Waals surface area contributed by atoms with E-state index in [1.165, 1.54) is 6.92 Å². The zero-order valence-electron chi connectivity index (χ0n) is 15.1. The highest BCUT2D eigenvalue weighted by atomic mass is 19.3. The maximum atomic E-state index is 14.6. The topological polar surface area (TPSA) is 47.6 Å². The van der Waals surface area contributed by atoms with Crippen molar-refractivity contribution < 1.29 is 27.4 Å². The van der Waals surface area contributed by atoms with Crippen LogP contribution in [0.3, 0.4) is 0 Å². The molecule has 0 aromatic heterocycles. The van der Waals surface area contributed by atoms with E-state index >= 15 is 0 Å². The zero-order chi connectivity index (χ0) is 19.4. The molecule has 1 amide bonds. The molecule has 0 bridgehead atoms. The lowest BCUT2D eigenvalue weighted by atomic mass is 9.77. The second-order valence-electron chi connectivity index (χ2n) is 7.65. The van der Waals surface area contributed by atoms with E-state index in [0.717, 1.165) is 31.4 Å². The molecule has 3 atom stereocenters. The SMILES string of the molecule is C=CC[C@@]12CCC[C@]1(OC(C)c1c(F)ccc3c1C(F)(F)C(=O)N3)OCC2. The lowest BCUT2D eigenvalue weighted by Crippen LogP contribution is -2.43. The summed E-state index contributed by atoms with van der Waals surface area (Å²) in [6, 6.07) is 2.23. The van der Waals surface area contributed by atoms with Crippen molar-refractivity contribution >= 4 is 11.6 Å². The summed E-state index contributed by atoms with van der Waals surface area (Å²) in [5.41, 5.74) is -1.28. The van der Waals surface area contributed by atoms with Crippen LogP contribution in [0.2, 0.25) is 0 Å². The van der Waals surface area contributed by atoms with E-state index in [0.29, 0.717) is 19.4 Å². The lowest BCUT2D eigenvalue weighted by molar-refractivity contribution is -0.268. The minimum absolute atomic E-state index is 0.0783. The van der Waals surface area contributed by atoms with Gasteiger partial charge in [0.25, 0.3) is 5.91 Å². The summed E-state index contributed by atoms with van der Waals surface area (Å²) in [7, 11) is 0. The Morgan fingerprint density at radius 2 is 2.15 bits per heavy atom. The van der Waals surface area contributed by atoms with Crippen LogP contribution in [0.15, 0.2) is 24.8 Å². The standard InChI is InChI=1S/C20H22F3NO3/c1-3-7-18-8-4-9-19(18,26-11-10-18)27-12(2)15-13(21)5-6-14-16(15)20(22,23)17(25)24-14/h3,5-6,12H,1,4,7-11H2,2H3,(H,24,25)/t12?,18-,19+/m0/s1. The van der Waals surface area contributed by atoms with E-state index in [1.54, 1.807) is 0 Å². The molecule has 0 radical (unpaired) electrons. The molecule has 1 aromatic carbocycles. The highest BCUT2D eigenvalue weighted by molar-refractivity contribution is 6.04. The molecule has 1 saturated heterocycles. The van der Waals surface area contributed by atoms with E-state index in [-0.39, 0.29) is 16.7 Å². The minimum atomic E-state index is -3.80. The number of anilines is 1. The Balaban J connectivity index is 1.73. The number of ether oxygens (including phenoxy) is 2. The predicted molar refractivity (Wildman–Crippen MR) is 92.8 cm³/mol. The molecule has 1 aliphatic carbocycles. The number of amides is 1. The first kappa shape index (κ1) is 18.5. The van der Waals surface area contributed by atoms with Gasteiger partial charge < -0.3 is 14.8 Å². The van der Waals surface area contributed by atoms with Crippen molar-refractivity contribution in [3.63, 3.8) is 0 Å². The summed E-state index contributed by atoms with van der Waals surface area (Å²) in [6.07, 6.45) is 4.68. The Morgan fingerprint density at radius 3 is 2.89 bits per heavy atom. The van der Waals surface area contributed by atoms with Gasteiger partial charge in [-0.1, -0.05) is 6.08 Å². The van der Waals surface area contributed by atoms with Crippen LogP contribution >= 0.6 is 0 Å². The summed E-state index contributed by atoms with van der Waals surface area (Å²) < 4.78 is 55.7. The van der Waals surface area contributed by atoms with Gasteiger partial charge in [0.2, 0.25) is 0 Å². The molecule has 1 saturated carbocycles. The average Bonchev–Trinajstić information content (AvgIpc) is 3.17. The van der Waals surface area contributed by atoms with Crippen LogP contribution in [0, 0.1) is 11.2 Å². The smallest absolute Gasteiger partial charge is 0.349 e. The molecule has 27 heavy (non-hydrogen) atoms. The Morgan fingerprint density at radius 1 is 1.37 bits per heavy atom. The molecule has 2 heterocycles. The molecule has 4 nitrogen and oxygen atoms in total. The zero-order valence-corrected chi connectivity index (χ0v) is 15.1. The number of alkyl halides is 2. The van der Waals surface area contributed by atoms with Crippen molar-refractivity contribution in [3.8, 4) is 0 Å². The Hall–Kier alpha value is -1.86. The maximum Gasteiger partial charge on any atom is 0.352 e. The van der Waals surface area contributed by atoms with Crippen LogP contribution in [0.25, 0.3) is 0 Å². The summed E-state index contributed by atoms with van der Waals surface area (Å²) in [5.74, 6) is -7.01. The van der Waals surface area contributed by atoms with Crippen molar-refractivity contribution in [1.29, 1.82) is 0 Å². The number of hydrogen-bond donors (Lipinski definition) is 1. The quantitative estimate of drug-likeness (QED) is 0.745. The third kappa shape index (κ3) is 2.48. The van der Waals surface area contributed by atoms with Gasteiger partial charge in [0.05, 0.1) is 24.0 Å². The van der Waals surface area contributed by atoms with Gasteiger partial charge in [0.1, 0.15) is 5.82 Å². The summed E-state index contributed by atoms with van der Waals surface area (Å²) in [5, 5.41) is 2.12. The monoisotopic (exact) mass is 381 g/mol. The molecule has 146 valence electrons. The summed E-state index contributed by atoms with van der Waals surface area (Å²) in [4.78, 5) is 11.6. The summed E-state index contributed by atoms with van der Waals surface area (Å²) >= 11 is 0. The van der Waals surface area contributed by atoms with Gasteiger partial charge in [-0.05, 0) is 44.7 Å². The number of carbonyl (C=O) groups is 1. The fourth-order valence-corrected chi connectivity index (χ4v) is 5.01. The van der Waals surface area contributed by atoms with E-state index in [2.05, 4.69) is 11.9 Å². The minimum Gasteiger partial charge on any atom is -0.349 e. The summed E-state index contributed by atoms with van der Waals surface area (Å²) in [6.45, 7) is 5.86. The molecule has 2 fully saturated rings. The van der Waals surface area contributed by atoms with Crippen molar-refractivity contribution in [1.82, 2.24) is 0 Å². The average molecular weight is 381 g/mol. The number of benzene rings is 1. The number of carbonyl (C=O) groups excluding carboxylic acids is 1. The highest BCUT2D eigenvalue weighted by Crippen LogP contribution is 2.59. The lowest BCUT2D eigenvalue weighted by Gasteiger charge is -2.40. The van der Waals surface area contributed by atoms with Gasteiger partial charge in [-0.15, -0.1) is 6.58 Å². The van der Waals surface area contributed by atoms with E-state index in [1.807, 2.05) is 6.08 Å². The number of halogens is 3. The Labute approximate surface area is 155 Å². The second-order valence-corrected chi connectivity index (χ2v) is 7.65. The number of hydrogen-bond acceptors (Lipinski definition) is 3. The Bertz CT molecular complexity index is 798. The molecular weight excluding hydrogens is 359 g/mol. The van der Waals surface area contributed by atoms with Crippen LogP contribution in [-0.2, 0) is 20.2 Å². The predicted octanol–water partition coefficient (Wildman–Crippen LogP) is 4.81.